The number of benzene rings is 3. The number of nitrogens with one attached hydrogen (secondary N) is 1. The zero-order valence-corrected chi connectivity index (χ0v) is 19.6. The second-order valence-corrected chi connectivity index (χ2v) is 8.64. The number of methoxy groups -OCH3 is 2. The molecule has 0 fully saturated rings. The molecule has 7 heteroatoms. The quantitative estimate of drug-likeness (QED) is 0.348. The predicted octanol–water partition coefficient (Wildman–Crippen LogP) is 4.63. The summed E-state index contributed by atoms with van der Waals surface area (Å²) < 4.78 is 15.7. The molecule has 0 aromatic heterocycles. The van der Waals surface area contributed by atoms with E-state index in [0.717, 1.165) is 27.5 Å². The first-order chi connectivity index (χ1) is 16.0. The maximum Gasteiger partial charge on any atom is 0.319 e. The van der Waals surface area contributed by atoms with E-state index < -0.39 is 23.2 Å². The van der Waals surface area contributed by atoms with Gasteiger partial charge in [0.1, 0.15) is 16.7 Å². The highest BCUT2D eigenvalue weighted by molar-refractivity contribution is 8.00. The third-order valence-corrected chi connectivity index (χ3v) is 6.03. The van der Waals surface area contributed by atoms with E-state index in [1.54, 1.807) is 21.1 Å². The van der Waals surface area contributed by atoms with Crippen LogP contribution in [0.1, 0.15) is 24.1 Å². The summed E-state index contributed by atoms with van der Waals surface area (Å²) in [5, 5.41) is 2.53. The number of carbonyl (C=O) groups excluding carboxylic acids is 2. The van der Waals surface area contributed by atoms with Crippen molar-refractivity contribution in [3.05, 3.63) is 90.0 Å². The summed E-state index contributed by atoms with van der Waals surface area (Å²) in [7, 11) is 3.20. The Labute approximate surface area is 198 Å². The van der Waals surface area contributed by atoms with Gasteiger partial charge in [-0.05, 0) is 54.4 Å². The summed E-state index contributed by atoms with van der Waals surface area (Å²) in [4.78, 5) is 26.0. The van der Waals surface area contributed by atoms with E-state index in [9.17, 15) is 9.59 Å². The van der Waals surface area contributed by atoms with Gasteiger partial charge >= 0.3 is 5.97 Å². The normalized spacial score (nSPS) is 11.5. The second-order valence-electron chi connectivity index (χ2n) is 7.23. The number of thioether (sulfide) groups is 1. The van der Waals surface area contributed by atoms with Crippen LogP contribution in [0.5, 0.6) is 11.5 Å². The average Bonchev–Trinajstić information content (AvgIpc) is 2.86. The van der Waals surface area contributed by atoms with Crippen molar-refractivity contribution < 1.29 is 23.8 Å². The van der Waals surface area contributed by atoms with Gasteiger partial charge in [-0.15, -0.1) is 11.8 Å². The Morgan fingerprint density at radius 1 is 0.818 bits per heavy atom. The van der Waals surface area contributed by atoms with Gasteiger partial charge in [-0.1, -0.05) is 42.5 Å². The molecule has 0 saturated carbocycles. The lowest BCUT2D eigenvalue weighted by molar-refractivity contribution is -0.147. The monoisotopic (exact) mass is 465 g/mol. The zero-order valence-electron chi connectivity index (χ0n) is 18.8. The molecule has 1 amide bonds. The number of rotatable bonds is 10. The number of amides is 1. The molecule has 0 spiro atoms. The van der Waals surface area contributed by atoms with Crippen molar-refractivity contribution >= 4 is 23.6 Å². The van der Waals surface area contributed by atoms with Gasteiger partial charge in [0.15, 0.2) is 6.61 Å². The van der Waals surface area contributed by atoms with Gasteiger partial charge in [0.05, 0.1) is 20.3 Å². The number of hydrogen-bond donors (Lipinski definition) is 1. The maximum absolute atomic E-state index is 12.7. The van der Waals surface area contributed by atoms with Gasteiger partial charge in [-0.3, -0.25) is 9.59 Å². The van der Waals surface area contributed by atoms with Crippen LogP contribution in [0.15, 0.2) is 83.8 Å². The fraction of sp³-hybridized carbons (Fsp3) is 0.231. The van der Waals surface area contributed by atoms with E-state index in [-0.39, 0.29) is 6.61 Å². The smallest absolute Gasteiger partial charge is 0.319 e. The minimum absolute atomic E-state index is 0.360. The van der Waals surface area contributed by atoms with Crippen LogP contribution in [0.2, 0.25) is 0 Å². The van der Waals surface area contributed by atoms with Crippen LogP contribution in [-0.4, -0.2) is 38.0 Å². The first kappa shape index (κ1) is 24.2. The van der Waals surface area contributed by atoms with Crippen molar-refractivity contribution in [2.75, 3.05) is 20.8 Å². The Hall–Kier alpha value is -3.45. The topological polar surface area (TPSA) is 73.9 Å². The highest BCUT2D eigenvalue weighted by Gasteiger charge is 2.21. The fourth-order valence-electron chi connectivity index (χ4n) is 3.16. The summed E-state index contributed by atoms with van der Waals surface area (Å²) in [5.74, 6) is 0.608. The number of hydrogen-bond acceptors (Lipinski definition) is 6. The molecule has 6 nitrogen and oxygen atoms in total. The molecule has 0 aliphatic heterocycles. The van der Waals surface area contributed by atoms with Crippen LogP contribution < -0.4 is 14.8 Å². The lowest BCUT2D eigenvalue weighted by atomic mass is 9.98. The predicted molar refractivity (Wildman–Crippen MR) is 129 cm³/mol. The number of carbonyl (C=O) groups is 2. The van der Waals surface area contributed by atoms with E-state index in [4.69, 9.17) is 14.2 Å². The largest absolute Gasteiger partial charge is 0.497 e. The first-order valence-electron chi connectivity index (χ1n) is 10.5. The molecule has 3 rings (SSSR count). The summed E-state index contributed by atoms with van der Waals surface area (Å²) in [6, 6.07) is 24.0. The van der Waals surface area contributed by atoms with Crippen LogP contribution in [-0.2, 0) is 14.3 Å². The van der Waals surface area contributed by atoms with Gasteiger partial charge in [0, 0.05) is 4.90 Å². The van der Waals surface area contributed by atoms with E-state index in [0.29, 0.717) is 0 Å². The van der Waals surface area contributed by atoms with E-state index >= 15 is 0 Å². The second kappa shape index (κ2) is 12.0. The van der Waals surface area contributed by atoms with Gasteiger partial charge < -0.3 is 19.5 Å². The first-order valence-corrected chi connectivity index (χ1v) is 11.3. The third-order valence-electron chi connectivity index (χ3n) is 4.94. The van der Waals surface area contributed by atoms with Crippen molar-refractivity contribution in [3.8, 4) is 11.5 Å². The van der Waals surface area contributed by atoms with Crippen molar-refractivity contribution in [2.45, 2.75) is 23.1 Å². The average molecular weight is 466 g/mol. The van der Waals surface area contributed by atoms with Gasteiger partial charge in [0.25, 0.3) is 5.91 Å². The SMILES string of the molecule is COc1ccc(C(NC(=O)COC(=O)C(C)Sc2ccccc2)c2ccc(OC)cc2)cc1. The zero-order chi connectivity index (χ0) is 23.6. The van der Waals surface area contributed by atoms with Crippen LogP contribution in [0.25, 0.3) is 0 Å². The van der Waals surface area contributed by atoms with Crippen molar-refractivity contribution in [3.63, 3.8) is 0 Å². The van der Waals surface area contributed by atoms with E-state index in [1.807, 2.05) is 78.9 Å². The standard InChI is InChI=1S/C26H27NO5S/c1-18(33-23-7-5-4-6-8-23)26(29)32-17-24(28)27-25(19-9-13-21(30-2)14-10-19)20-11-15-22(31-3)16-12-20/h4-16,18,25H,17H2,1-3H3,(H,27,28). The minimum Gasteiger partial charge on any atom is -0.497 e. The summed E-state index contributed by atoms with van der Waals surface area (Å²) in [6.45, 7) is 1.40. The molecule has 3 aromatic rings. The number of esters is 1. The lowest BCUT2D eigenvalue weighted by Gasteiger charge is -2.21. The molecule has 3 aromatic carbocycles. The molecule has 0 aliphatic rings. The van der Waals surface area contributed by atoms with Crippen molar-refractivity contribution in [2.24, 2.45) is 0 Å². The molecule has 0 bridgehead atoms. The number of ether oxygens (including phenoxy) is 3. The molecule has 172 valence electrons. The third kappa shape index (κ3) is 7.02. The molecule has 1 unspecified atom stereocenters. The fourth-order valence-corrected chi connectivity index (χ4v) is 4.05. The van der Waals surface area contributed by atoms with Crippen LogP contribution >= 0.6 is 11.8 Å². The molecule has 1 atom stereocenters. The molecule has 1 N–H and O–H groups in total. The molecule has 0 aliphatic carbocycles. The van der Waals surface area contributed by atoms with E-state index in [2.05, 4.69) is 5.32 Å². The Bertz CT molecular complexity index is 991. The van der Waals surface area contributed by atoms with Gasteiger partial charge in [0.2, 0.25) is 0 Å². The molecule has 0 heterocycles. The lowest BCUT2D eigenvalue weighted by Crippen LogP contribution is -2.34. The van der Waals surface area contributed by atoms with Crippen molar-refractivity contribution in [1.82, 2.24) is 5.32 Å². The maximum atomic E-state index is 12.7. The molecule has 0 saturated heterocycles. The van der Waals surface area contributed by atoms with Gasteiger partial charge in [-0.2, -0.15) is 0 Å². The minimum atomic E-state index is -0.440. The Balaban J connectivity index is 1.65. The Morgan fingerprint density at radius 2 is 1.33 bits per heavy atom. The molecular weight excluding hydrogens is 438 g/mol. The molecule has 0 radical (unpaired) electrons. The summed E-state index contributed by atoms with van der Waals surface area (Å²) in [6.07, 6.45) is 0. The summed E-state index contributed by atoms with van der Waals surface area (Å²) in [5.41, 5.74) is 1.74. The Kier molecular flexibility index (Phi) is 8.78. The highest BCUT2D eigenvalue weighted by Crippen LogP contribution is 2.26. The van der Waals surface area contributed by atoms with Gasteiger partial charge in [-0.25, -0.2) is 0 Å². The molecular formula is C26H27NO5S. The Morgan fingerprint density at radius 3 is 1.82 bits per heavy atom. The van der Waals surface area contributed by atoms with E-state index in [1.165, 1.54) is 11.8 Å². The van der Waals surface area contributed by atoms with Crippen molar-refractivity contribution in [1.29, 1.82) is 0 Å². The highest BCUT2D eigenvalue weighted by atomic mass is 32.2. The summed E-state index contributed by atoms with van der Waals surface area (Å²) >= 11 is 1.39. The van der Waals surface area contributed by atoms with Crippen LogP contribution in [0, 0.1) is 0 Å². The molecule has 33 heavy (non-hydrogen) atoms. The van der Waals surface area contributed by atoms with Crippen LogP contribution in [0.3, 0.4) is 0 Å². The van der Waals surface area contributed by atoms with Crippen LogP contribution in [0.4, 0.5) is 0 Å².